The molecule has 160 valence electrons. The second-order valence-corrected chi connectivity index (χ2v) is 7.09. The Morgan fingerprint density at radius 1 is 1.13 bits per heavy atom. The number of aromatic nitrogens is 2. The van der Waals surface area contributed by atoms with Gasteiger partial charge in [-0.25, -0.2) is 9.48 Å². The van der Waals surface area contributed by atoms with E-state index in [9.17, 15) is 19.5 Å². The highest BCUT2D eigenvalue weighted by atomic mass is 16.6. The summed E-state index contributed by atoms with van der Waals surface area (Å²) in [6.45, 7) is 2.38. The molecule has 2 heterocycles. The molecular formula is C22H21N3O6. The number of carbonyl (C=O) groups is 2. The molecule has 0 aliphatic carbocycles. The Morgan fingerprint density at radius 3 is 2.52 bits per heavy atom. The zero-order chi connectivity index (χ0) is 22.0. The molecule has 0 saturated heterocycles. The van der Waals surface area contributed by atoms with Gasteiger partial charge in [0.15, 0.2) is 23.3 Å². The zero-order valence-corrected chi connectivity index (χ0v) is 16.9. The lowest BCUT2D eigenvalue weighted by Crippen LogP contribution is -2.45. The van der Waals surface area contributed by atoms with Crippen molar-refractivity contribution < 1.29 is 24.2 Å². The number of ether oxygens (including phenoxy) is 2. The fraction of sp³-hybridized carbons (Fsp3) is 0.273. The molecule has 1 aromatic heterocycles. The van der Waals surface area contributed by atoms with Crippen molar-refractivity contribution in [2.24, 2.45) is 0 Å². The van der Waals surface area contributed by atoms with E-state index in [4.69, 9.17) is 9.47 Å². The van der Waals surface area contributed by atoms with Crippen LogP contribution in [0.1, 0.15) is 17.4 Å². The molecule has 1 aliphatic heterocycles. The Kier molecular flexibility index (Phi) is 5.57. The van der Waals surface area contributed by atoms with E-state index in [0.29, 0.717) is 18.0 Å². The van der Waals surface area contributed by atoms with E-state index in [1.54, 1.807) is 18.2 Å². The number of benzene rings is 2. The van der Waals surface area contributed by atoms with E-state index in [1.807, 2.05) is 25.1 Å². The SMILES string of the molecule is CCN(CC1COc2ccccc2O1)C(=O)Cn1nc(C(=O)O)c2ccccc2c1=O. The minimum atomic E-state index is -1.27. The number of carboxylic acids is 1. The standard InChI is InChI=1S/C22H21N3O6/c1-2-24(11-14-13-30-17-9-5-6-10-18(17)31-14)19(26)12-25-21(27)16-8-4-3-7-15(16)20(23-25)22(28)29/h3-10,14H,2,11-13H2,1H3,(H,28,29). The summed E-state index contributed by atoms with van der Waals surface area (Å²) in [5.41, 5.74) is -0.789. The molecule has 2 aromatic carbocycles. The zero-order valence-electron chi connectivity index (χ0n) is 16.9. The highest BCUT2D eigenvalue weighted by molar-refractivity contribution is 6.01. The quantitative estimate of drug-likeness (QED) is 0.643. The van der Waals surface area contributed by atoms with Crippen LogP contribution in [0, 0.1) is 0 Å². The van der Waals surface area contributed by atoms with Crippen molar-refractivity contribution in [2.45, 2.75) is 19.6 Å². The van der Waals surface area contributed by atoms with E-state index in [1.165, 1.54) is 17.0 Å². The lowest BCUT2D eigenvalue weighted by molar-refractivity contribution is -0.133. The number of carbonyl (C=O) groups excluding carboxylic acids is 1. The van der Waals surface area contributed by atoms with Gasteiger partial charge in [-0.1, -0.05) is 30.3 Å². The molecule has 0 bridgehead atoms. The van der Waals surface area contributed by atoms with Crippen LogP contribution < -0.4 is 15.0 Å². The normalized spacial score (nSPS) is 14.9. The molecule has 1 amide bonds. The number of carboxylic acid groups (broad SMARTS) is 1. The Labute approximate surface area is 177 Å². The van der Waals surface area contributed by atoms with Crippen LogP contribution in [-0.4, -0.2) is 57.5 Å². The highest BCUT2D eigenvalue weighted by Gasteiger charge is 2.26. The maximum absolute atomic E-state index is 12.9. The van der Waals surface area contributed by atoms with Crippen molar-refractivity contribution in [1.29, 1.82) is 0 Å². The fourth-order valence-electron chi connectivity index (χ4n) is 3.53. The van der Waals surface area contributed by atoms with Crippen molar-refractivity contribution in [3.63, 3.8) is 0 Å². The van der Waals surface area contributed by atoms with Gasteiger partial charge < -0.3 is 19.5 Å². The average Bonchev–Trinajstić information content (AvgIpc) is 2.79. The average molecular weight is 423 g/mol. The second-order valence-electron chi connectivity index (χ2n) is 7.09. The molecular weight excluding hydrogens is 402 g/mol. The summed E-state index contributed by atoms with van der Waals surface area (Å²) >= 11 is 0. The summed E-state index contributed by atoms with van der Waals surface area (Å²) in [4.78, 5) is 38.8. The molecule has 4 rings (SSSR count). The molecule has 0 spiro atoms. The Morgan fingerprint density at radius 2 is 1.81 bits per heavy atom. The largest absolute Gasteiger partial charge is 0.486 e. The molecule has 0 fully saturated rings. The number of rotatable bonds is 6. The lowest BCUT2D eigenvalue weighted by Gasteiger charge is -2.31. The van der Waals surface area contributed by atoms with E-state index >= 15 is 0 Å². The Balaban J connectivity index is 1.54. The van der Waals surface area contributed by atoms with Crippen LogP contribution in [0.15, 0.2) is 53.3 Å². The van der Waals surface area contributed by atoms with Crippen LogP contribution in [-0.2, 0) is 11.3 Å². The number of amides is 1. The predicted molar refractivity (Wildman–Crippen MR) is 112 cm³/mol. The van der Waals surface area contributed by atoms with Crippen molar-refractivity contribution in [3.8, 4) is 11.5 Å². The first-order valence-electron chi connectivity index (χ1n) is 9.87. The molecule has 0 saturated carbocycles. The maximum atomic E-state index is 12.9. The van der Waals surface area contributed by atoms with Gasteiger partial charge in [-0.3, -0.25) is 9.59 Å². The lowest BCUT2D eigenvalue weighted by atomic mass is 10.1. The number of para-hydroxylation sites is 2. The third-order valence-corrected chi connectivity index (χ3v) is 5.08. The van der Waals surface area contributed by atoms with E-state index < -0.39 is 11.5 Å². The molecule has 3 aromatic rings. The first kappa shape index (κ1) is 20.4. The fourth-order valence-corrected chi connectivity index (χ4v) is 3.53. The van der Waals surface area contributed by atoms with Crippen molar-refractivity contribution in [2.75, 3.05) is 19.7 Å². The summed E-state index contributed by atoms with van der Waals surface area (Å²) in [6, 6.07) is 13.6. The molecule has 31 heavy (non-hydrogen) atoms. The smallest absolute Gasteiger partial charge is 0.357 e. The molecule has 0 radical (unpaired) electrons. The van der Waals surface area contributed by atoms with Gasteiger partial charge in [-0.15, -0.1) is 0 Å². The van der Waals surface area contributed by atoms with Gasteiger partial charge in [-0.2, -0.15) is 5.10 Å². The molecule has 1 aliphatic rings. The van der Waals surface area contributed by atoms with E-state index in [2.05, 4.69) is 5.10 Å². The Bertz CT molecular complexity index is 1210. The van der Waals surface area contributed by atoms with E-state index in [-0.39, 0.29) is 48.2 Å². The van der Waals surface area contributed by atoms with E-state index in [0.717, 1.165) is 4.68 Å². The first-order valence-corrected chi connectivity index (χ1v) is 9.87. The van der Waals surface area contributed by atoms with Gasteiger partial charge >= 0.3 is 5.97 Å². The summed E-state index contributed by atoms with van der Waals surface area (Å²) in [6.07, 6.45) is -0.366. The highest BCUT2D eigenvalue weighted by Crippen LogP contribution is 2.31. The van der Waals surface area contributed by atoms with Crippen LogP contribution in [0.4, 0.5) is 0 Å². The van der Waals surface area contributed by atoms with Crippen LogP contribution >= 0.6 is 0 Å². The van der Waals surface area contributed by atoms with Gasteiger partial charge in [0.1, 0.15) is 13.2 Å². The molecule has 1 atom stereocenters. The van der Waals surface area contributed by atoms with Gasteiger partial charge in [-0.05, 0) is 25.1 Å². The number of hydrogen-bond donors (Lipinski definition) is 1. The Hall–Kier alpha value is -3.88. The predicted octanol–water partition coefficient (Wildman–Crippen LogP) is 1.78. The topological polar surface area (TPSA) is 111 Å². The third kappa shape index (κ3) is 4.07. The van der Waals surface area contributed by atoms with Gasteiger partial charge in [0.25, 0.3) is 5.56 Å². The third-order valence-electron chi connectivity index (χ3n) is 5.08. The van der Waals surface area contributed by atoms with Gasteiger partial charge in [0.05, 0.1) is 11.9 Å². The van der Waals surface area contributed by atoms with Crippen LogP contribution in [0.2, 0.25) is 0 Å². The monoisotopic (exact) mass is 423 g/mol. The second kappa shape index (κ2) is 8.47. The minimum Gasteiger partial charge on any atom is -0.486 e. The van der Waals surface area contributed by atoms with Crippen LogP contribution in [0.5, 0.6) is 11.5 Å². The van der Waals surface area contributed by atoms with Crippen molar-refractivity contribution in [1.82, 2.24) is 14.7 Å². The van der Waals surface area contributed by atoms with Crippen LogP contribution in [0.25, 0.3) is 10.8 Å². The van der Waals surface area contributed by atoms with Crippen molar-refractivity contribution in [3.05, 3.63) is 64.6 Å². The number of aromatic carboxylic acids is 1. The maximum Gasteiger partial charge on any atom is 0.357 e. The van der Waals surface area contributed by atoms with Gasteiger partial charge in [0.2, 0.25) is 5.91 Å². The first-order chi connectivity index (χ1) is 15.0. The van der Waals surface area contributed by atoms with Crippen LogP contribution in [0.3, 0.4) is 0 Å². The molecule has 1 unspecified atom stereocenters. The number of nitrogens with zero attached hydrogens (tertiary/aromatic N) is 3. The molecule has 9 heteroatoms. The summed E-state index contributed by atoms with van der Waals surface area (Å²) < 4.78 is 12.5. The number of hydrogen-bond acceptors (Lipinski definition) is 6. The minimum absolute atomic E-state index is 0.200. The number of likely N-dealkylation sites (N-methyl/N-ethyl adjacent to an activating group) is 1. The van der Waals surface area contributed by atoms with Gasteiger partial charge in [0, 0.05) is 11.9 Å². The number of fused-ring (bicyclic) bond motifs is 2. The summed E-state index contributed by atoms with van der Waals surface area (Å²) in [5.74, 6) is -0.371. The molecule has 1 N–H and O–H groups in total. The summed E-state index contributed by atoms with van der Waals surface area (Å²) in [5, 5.41) is 13.9. The summed E-state index contributed by atoms with van der Waals surface area (Å²) in [7, 11) is 0. The van der Waals surface area contributed by atoms with Crippen molar-refractivity contribution >= 4 is 22.6 Å². The molecule has 9 nitrogen and oxygen atoms in total.